The zero-order valence-electron chi connectivity index (χ0n) is 18.2. The Morgan fingerprint density at radius 2 is 1.81 bits per heavy atom. The summed E-state index contributed by atoms with van der Waals surface area (Å²) in [6.45, 7) is 6.81. The Labute approximate surface area is 184 Å². The van der Waals surface area contributed by atoms with Crippen LogP contribution in [-0.2, 0) is 26.1 Å². The number of hydrogen-bond acceptors (Lipinski definition) is 6. The van der Waals surface area contributed by atoms with Gasteiger partial charge in [-0.3, -0.25) is 14.5 Å². The molecule has 170 valence electrons. The second kappa shape index (κ2) is 8.88. The molecule has 1 aromatic rings. The van der Waals surface area contributed by atoms with Crippen LogP contribution in [-0.4, -0.2) is 86.0 Å². The molecule has 3 aliphatic heterocycles. The number of benzene rings is 1. The highest BCUT2D eigenvalue weighted by molar-refractivity contribution is 7.88. The topological polar surface area (TPSA) is 87.2 Å². The van der Waals surface area contributed by atoms with Gasteiger partial charge in [-0.2, -0.15) is 0 Å². The minimum absolute atomic E-state index is 0.108. The summed E-state index contributed by atoms with van der Waals surface area (Å²) in [5, 5.41) is 0. The van der Waals surface area contributed by atoms with E-state index in [1.807, 2.05) is 31.2 Å². The molecule has 3 atom stereocenters. The lowest BCUT2D eigenvalue weighted by Crippen LogP contribution is -2.43. The van der Waals surface area contributed by atoms with Crippen LogP contribution < -0.4 is 0 Å². The van der Waals surface area contributed by atoms with E-state index in [0.717, 1.165) is 55.4 Å². The van der Waals surface area contributed by atoms with E-state index in [4.69, 9.17) is 4.74 Å². The van der Waals surface area contributed by atoms with Crippen molar-refractivity contribution in [3.05, 3.63) is 35.4 Å². The Balaban J connectivity index is 1.45. The van der Waals surface area contributed by atoms with Crippen LogP contribution in [0.15, 0.2) is 24.3 Å². The standard InChI is InChI=1S/C22H31N3O5S/c1-3-4-18-19-14-24(15-20(19)25(22(18)27)31(2,28)29)21(26)17-7-5-16(6-8-17)13-23-9-11-30-12-10-23/h5-8,18-20H,3-4,9-15H2,1-2H3/t18-,19-,20+/m1/s1. The monoisotopic (exact) mass is 449 g/mol. The van der Waals surface area contributed by atoms with Crippen molar-refractivity contribution in [3.63, 3.8) is 0 Å². The quantitative estimate of drug-likeness (QED) is 0.648. The number of rotatable bonds is 6. The Hall–Kier alpha value is -1.97. The van der Waals surface area contributed by atoms with Crippen molar-refractivity contribution in [2.75, 3.05) is 45.6 Å². The highest BCUT2D eigenvalue weighted by Crippen LogP contribution is 2.40. The van der Waals surface area contributed by atoms with Gasteiger partial charge in [0.25, 0.3) is 5.91 Å². The van der Waals surface area contributed by atoms with Gasteiger partial charge in [0.2, 0.25) is 15.9 Å². The molecule has 3 aliphatic rings. The number of hydrogen-bond donors (Lipinski definition) is 0. The number of carbonyl (C=O) groups excluding carboxylic acids is 2. The van der Waals surface area contributed by atoms with E-state index in [-0.39, 0.29) is 30.2 Å². The molecule has 3 saturated heterocycles. The predicted molar refractivity (Wildman–Crippen MR) is 116 cm³/mol. The van der Waals surface area contributed by atoms with Crippen molar-refractivity contribution in [2.45, 2.75) is 32.4 Å². The molecule has 0 unspecified atom stereocenters. The molecule has 9 heteroatoms. The molecule has 0 radical (unpaired) electrons. The molecule has 0 saturated carbocycles. The largest absolute Gasteiger partial charge is 0.379 e. The molecule has 4 rings (SSSR count). The molecule has 0 aliphatic carbocycles. The lowest BCUT2D eigenvalue weighted by Gasteiger charge is -2.26. The molecule has 3 fully saturated rings. The summed E-state index contributed by atoms with van der Waals surface area (Å²) in [4.78, 5) is 29.9. The van der Waals surface area contributed by atoms with Gasteiger partial charge in [-0.05, 0) is 24.1 Å². The van der Waals surface area contributed by atoms with E-state index in [1.54, 1.807) is 4.90 Å². The van der Waals surface area contributed by atoms with Gasteiger partial charge in [-0.25, -0.2) is 12.7 Å². The fraction of sp³-hybridized carbons (Fsp3) is 0.636. The van der Waals surface area contributed by atoms with Crippen molar-refractivity contribution < 1.29 is 22.7 Å². The summed E-state index contributed by atoms with van der Waals surface area (Å²) in [5.74, 6) is -0.882. The van der Waals surface area contributed by atoms with E-state index >= 15 is 0 Å². The number of sulfonamides is 1. The van der Waals surface area contributed by atoms with Crippen molar-refractivity contribution in [2.24, 2.45) is 11.8 Å². The Kier molecular flexibility index (Phi) is 6.37. The van der Waals surface area contributed by atoms with Crippen molar-refractivity contribution in [3.8, 4) is 0 Å². The third-order valence-corrected chi connectivity index (χ3v) is 7.81. The molecule has 0 bridgehead atoms. The van der Waals surface area contributed by atoms with Crippen molar-refractivity contribution in [1.29, 1.82) is 0 Å². The molecular formula is C22H31N3O5S. The molecule has 0 aromatic heterocycles. The second-order valence-corrected chi connectivity index (χ2v) is 10.7. The summed E-state index contributed by atoms with van der Waals surface area (Å²) in [6, 6.07) is 7.19. The van der Waals surface area contributed by atoms with Crippen molar-refractivity contribution in [1.82, 2.24) is 14.1 Å². The number of likely N-dealkylation sites (tertiary alicyclic amines) is 1. The number of amides is 2. The van der Waals surface area contributed by atoms with Gasteiger partial charge in [0.15, 0.2) is 0 Å². The maximum atomic E-state index is 13.1. The minimum Gasteiger partial charge on any atom is -0.379 e. The Morgan fingerprint density at radius 3 is 2.42 bits per heavy atom. The summed E-state index contributed by atoms with van der Waals surface area (Å²) >= 11 is 0. The molecule has 8 nitrogen and oxygen atoms in total. The minimum atomic E-state index is -3.66. The highest BCUT2D eigenvalue weighted by atomic mass is 32.2. The Bertz CT molecular complexity index is 927. The van der Waals surface area contributed by atoms with Crippen LogP contribution in [0.25, 0.3) is 0 Å². The first-order chi connectivity index (χ1) is 14.8. The van der Waals surface area contributed by atoms with Gasteiger partial charge in [-0.1, -0.05) is 25.5 Å². The molecule has 31 heavy (non-hydrogen) atoms. The molecular weight excluding hydrogens is 418 g/mol. The summed E-state index contributed by atoms with van der Waals surface area (Å²) < 4.78 is 31.0. The van der Waals surface area contributed by atoms with Crippen molar-refractivity contribution >= 4 is 21.8 Å². The Morgan fingerprint density at radius 1 is 1.13 bits per heavy atom. The van der Waals surface area contributed by atoms with Crippen LogP contribution in [0.2, 0.25) is 0 Å². The lowest BCUT2D eigenvalue weighted by atomic mass is 9.89. The second-order valence-electron chi connectivity index (χ2n) is 8.82. The molecule has 1 aromatic carbocycles. The molecule has 2 amide bonds. The summed E-state index contributed by atoms with van der Waals surface area (Å²) in [6.07, 6.45) is 2.52. The first-order valence-electron chi connectivity index (χ1n) is 11.0. The lowest BCUT2D eigenvalue weighted by molar-refractivity contribution is -0.128. The fourth-order valence-corrected chi connectivity index (χ4v) is 6.32. The zero-order chi connectivity index (χ0) is 22.2. The molecule has 3 heterocycles. The van der Waals surface area contributed by atoms with Crippen LogP contribution in [0.5, 0.6) is 0 Å². The van der Waals surface area contributed by atoms with Crippen LogP contribution in [0.3, 0.4) is 0 Å². The maximum absolute atomic E-state index is 13.1. The van der Waals surface area contributed by atoms with E-state index in [9.17, 15) is 18.0 Å². The van der Waals surface area contributed by atoms with E-state index in [1.165, 1.54) is 0 Å². The van der Waals surface area contributed by atoms with Gasteiger partial charge in [0, 0.05) is 50.1 Å². The van der Waals surface area contributed by atoms with Crippen LogP contribution in [0.1, 0.15) is 35.7 Å². The van der Waals surface area contributed by atoms with E-state index < -0.39 is 16.1 Å². The van der Waals surface area contributed by atoms with Gasteiger partial charge < -0.3 is 9.64 Å². The summed E-state index contributed by atoms with van der Waals surface area (Å²) in [5.41, 5.74) is 1.74. The van der Waals surface area contributed by atoms with Crippen LogP contribution >= 0.6 is 0 Å². The predicted octanol–water partition coefficient (Wildman–Crippen LogP) is 1.18. The van der Waals surface area contributed by atoms with Gasteiger partial charge in [0.05, 0.1) is 25.5 Å². The summed E-state index contributed by atoms with van der Waals surface area (Å²) in [7, 11) is -3.66. The number of carbonyl (C=O) groups is 2. The number of ether oxygens (including phenoxy) is 1. The SMILES string of the molecule is CCC[C@H]1C(=O)N(S(C)(=O)=O)[C@H]2CN(C(=O)c3ccc(CN4CCOCC4)cc3)C[C@H]12. The van der Waals surface area contributed by atoms with E-state index in [0.29, 0.717) is 18.5 Å². The molecule has 0 N–H and O–H groups in total. The normalized spacial score (nSPS) is 27.0. The average Bonchev–Trinajstić information content (AvgIpc) is 3.26. The molecule has 0 spiro atoms. The number of morpholine rings is 1. The van der Waals surface area contributed by atoms with Crippen LogP contribution in [0, 0.1) is 11.8 Å². The first-order valence-corrected chi connectivity index (χ1v) is 12.9. The van der Waals surface area contributed by atoms with Gasteiger partial charge in [-0.15, -0.1) is 0 Å². The number of nitrogens with zero attached hydrogens (tertiary/aromatic N) is 3. The average molecular weight is 450 g/mol. The zero-order valence-corrected chi connectivity index (χ0v) is 19.0. The van der Waals surface area contributed by atoms with Crippen LogP contribution in [0.4, 0.5) is 0 Å². The third kappa shape index (κ3) is 4.49. The van der Waals surface area contributed by atoms with Gasteiger partial charge in [0.1, 0.15) is 0 Å². The maximum Gasteiger partial charge on any atom is 0.253 e. The first kappa shape index (κ1) is 22.2. The van der Waals surface area contributed by atoms with E-state index in [2.05, 4.69) is 4.90 Å². The number of fused-ring (bicyclic) bond motifs is 1. The highest BCUT2D eigenvalue weighted by Gasteiger charge is 2.55. The fourth-order valence-electron chi connectivity index (χ4n) is 5.14. The van der Waals surface area contributed by atoms with Gasteiger partial charge >= 0.3 is 0 Å². The third-order valence-electron chi connectivity index (χ3n) is 6.64. The smallest absolute Gasteiger partial charge is 0.253 e.